The zero-order valence-electron chi connectivity index (χ0n) is 36.0. The molecule has 0 aromatic carbocycles. The average Bonchev–Trinajstić information content (AvgIpc) is 3.20. The molecule has 0 bridgehead atoms. The fourth-order valence-electron chi connectivity index (χ4n) is 5.50. The van der Waals surface area contributed by atoms with Crippen molar-refractivity contribution in [1.82, 2.24) is 0 Å². The molecule has 0 amide bonds. The van der Waals surface area contributed by atoms with Crippen molar-refractivity contribution in [2.24, 2.45) is 5.73 Å². The van der Waals surface area contributed by atoms with Crippen molar-refractivity contribution in [2.75, 3.05) is 33.0 Å². The van der Waals surface area contributed by atoms with Crippen LogP contribution in [0.5, 0.6) is 0 Å². The van der Waals surface area contributed by atoms with Gasteiger partial charge in [0.1, 0.15) is 6.10 Å². The molecule has 0 saturated carbocycles. The van der Waals surface area contributed by atoms with Crippen LogP contribution in [0.25, 0.3) is 0 Å². The average molecular weight is 816 g/mol. The third-order valence-electron chi connectivity index (χ3n) is 8.74. The summed E-state index contributed by atoms with van der Waals surface area (Å²) in [5, 5.41) is 0. The maximum atomic E-state index is 12.6. The fraction of sp³-hybridized carbons (Fsp3) is 0.646. The number of carbonyl (C=O) groups excluding carboxylic acids is 1. The molecular weight excluding hydrogens is 734 g/mol. The van der Waals surface area contributed by atoms with Gasteiger partial charge < -0.3 is 20.1 Å². The van der Waals surface area contributed by atoms with Crippen molar-refractivity contribution in [3.05, 3.63) is 97.2 Å². The summed E-state index contributed by atoms with van der Waals surface area (Å²) in [4.78, 5) is 22.5. The Balaban J connectivity index is 4.15. The molecule has 0 spiro atoms. The smallest absolute Gasteiger partial charge is 0.457 e. The molecule has 326 valence electrons. The first-order valence-electron chi connectivity index (χ1n) is 22.2. The van der Waals surface area contributed by atoms with Gasteiger partial charge in [0, 0.05) is 19.6 Å². The van der Waals surface area contributed by atoms with Crippen LogP contribution in [0, 0.1) is 0 Å². The maximum absolute atomic E-state index is 12.6. The van der Waals surface area contributed by atoms with Gasteiger partial charge in [-0.05, 0) is 96.3 Å². The molecule has 0 aliphatic carbocycles. The summed E-state index contributed by atoms with van der Waals surface area (Å²) >= 11 is 0. The molecular formula is C48H82NO7P. The summed E-state index contributed by atoms with van der Waals surface area (Å²) in [6.07, 6.45) is 58.6. The summed E-state index contributed by atoms with van der Waals surface area (Å²) in [6.45, 7) is 4.64. The van der Waals surface area contributed by atoms with Crippen molar-refractivity contribution in [3.63, 3.8) is 0 Å². The summed E-state index contributed by atoms with van der Waals surface area (Å²) in [7, 11) is -4.30. The van der Waals surface area contributed by atoms with Crippen LogP contribution in [0.15, 0.2) is 97.2 Å². The predicted octanol–water partition coefficient (Wildman–Crippen LogP) is 13.5. The third kappa shape index (κ3) is 44.4. The number of esters is 1. The summed E-state index contributed by atoms with van der Waals surface area (Å²) in [5.41, 5.74) is 5.36. The summed E-state index contributed by atoms with van der Waals surface area (Å²) in [6, 6.07) is 0. The topological polar surface area (TPSA) is 117 Å². The molecule has 9 heteroatoms. The van der Waals surface area contributed by atoms with Crippen LogP contribution in [0.4, 0.5) is 0 Å². The Hall–Kier alpha value is -2.58. The Morgan fingerprint density at radius 1 is 0.544 bits per heavy atom. The number of unbranched alkanes of at least 4 members (excludes halogenated alkanes) is 12. The van der Waals surface area contributed by atoms with Gasteiger partial charge in [-0.1, -0.05) is 156 Å². The second-order valence-corrected chi connectivity index (χ2v) is 15.6. The van der Waals surface area contributed by atoms with Crippen molar-refractivity contribution in [1.29, 1.82) is 0 Å². The molecule has 0 aromatic heterocycles. The quantitative estimate of drug-likeness (QED) is 0.0271. The van der Waals surface area contributed by atoms with Gasteiger partial charge in [-0.2, -0.15) is 0 Å². The van der Waals surface area contributed by atoms with Crippen molar-refractivity contribution < 1.29 is 32.8 Å². The van der Waals surface area contributed by atoms with E-state index in [0.29, 0.717) is 13.0 Å². The number of nitrogens with two attached hydrogens (primary N) is 1. The molecule has 0 radical (unpaired) electrons. The Bertz CT molecular complexity index is 1190. The predicted molar refractivity (Wildman–Crippen MR) is 242 cm³/mol. The standard InChI is InChI=1S/C48H82NO7P/c1-3-5-7-9-11-13-15-17-19-20-21-22-23-24-25-26-27-28-30-32-34-36-38-40-43-53-45-47(46-55-57(51,52)54-44-42-49)56-48(50)41-39-37-35-33-31-29-18-16-14-12-10-8-6-4-2/h5,7,11,13,16-19,21-22,24-25,27-28,32,34,47H,3-4,6,8-10,12,14-15,20,23,26,29-31,33,35-46,49H2,1-2H3,(H,51,52)/b7-5-,13-11-,18-16-,19-17-,22-21-,25-24-,28-27-,34-32-. The first kappa shape index (κ1) is 54.4. The summed E-state index contributed by atoms with van der Waals surface area (Å²) < 4.78 is 33.4. The van der Waals surface area contributed by atoms with Gasteiger partial charge in [0.05, 0.1) is 19.8 Å². The highest BCUT2D eigenvalue weighted by Gasteiger charge is 2.25. The van der Waals surface area contributed by atoms with Crippen LogP contribution in [0.3, 0.4) is 0 Å². The lowest BCUT2D eigenvalue weighted by atomic mass is 10.1. The van der Waals surface area contributed by atoms with E-state index in [4.69, 9.17) is 24.3 Å². The van der Waals surface area contributed by atoms with Crippen molar-refractivity contribution in [3.8, 4) is 0 Å². The Morgan fingerprint density at radius 3 is 1.49 bits per heavy atom. The molecule has 57 heavy (non-hydrogen) atoms. The molecule has 0 aliphatic heterocycles. The van der Waals surface area contributed by atoms with E-state index >= 15 is 0 Å². The normalized spacial score (nSPS) is 14.4. The minimum absolute atomic E-state index is 0.0768. The lowest BCUT2D eigenvalue weighted by molar-refractivity contribution is -0.154. The lowest BCUT2D eigenvalue weighted by Gasteiger charge is -2.20. The second kappa shape index (κ2) is 44.5. The molecule has 2 atom stereocenters. The second-order valence-electron chi connectivity index (χ2n) is 14.2. The fourth-order valence-corrected chi connectivity index (χ4v) is 6.26. The van der Waals surface area contributed by atoms with Crippen molar-refractivity contribution in [2.45, 2.75) is 168 Å². The van der Waals surface area contributed by atoms with Gasteiger partial charge in [0.25, 0.3) is 0 Å². The highest BCUT2D eigenvalue weighted by molar-refractivity contribution is 7.47. The minimum Gasteiger partial charge on any atom is -0.457 e. The molecule has 2 unspecified atom stereocenters. The molecule has 0 aromatic rings. The molecule has 0 heterocycles. The van der Waals surface area contributed by atoms with Crippen LogP contribution in [0.2, 0.25) is 0 Å². The van der Waals surface area contributed by atoms with Gasteiger partial charge >= 0.3 is 13.8 Å². The van der Waals surface area contributed by atoms with Gasteiger partial charge in [0.2, 0.25) is 0 Å². The molecule has 0 aliphatic rings. The number of ether oxygens (including phenoxy) is 2. The van der Waals surface area contributed by atoms with Crippen LogP contribution in [-0.2, 0) is 27.9 Å². The Morgan fingerprint density at radius 2 is 0.982 bits per heavy atom. The molecule has 0 fully saturated rings. The van der Waals surface area contributed by atoms with Crippen LogP contribution in [0.1, 0.15) is 162 Å². The van der Waals surface area contributed by atoms with E-state index in [0.717, 1.165) is 96.3 Å². The molecule has 8 nitrogen and oxygen atoms in total. The first-order chi connectivity index (χ1) is 27.9. The number of hydrogen-bond donors (Lipinski definition) is 2. The van der Waals surface area contributed by atoms with E-state index in [1.165, 1.54) is 44.9 Å². The number of carbonyl (C=O) groups is 1. The van der Waals surface area contributed by atoms with Gasteiger partial charge in [-0.25, -0.2) is 4.57 Å². The van der Waals surface area contributed by atoms with Crippen molar-refractivity contribution >= 4 is 13.8 Å². The number of allylic oxidation sites excluding steroid dienone is 16. The molecule has 0 rings (SSSR count). The molecule has 0 saturated heterocycles. The molecule has 3 N–H and O–H groups in total. The highest BCUT2D eigenvalue weighted by atomic mass is 31.2. The largest absolute Gasteiger partial charge is 0.472 e. The van der Waals surface area contributed by atoms with Gasteiger partial charge in [0.15, 0.2) is 0 Å². The van der Waals surface area contributed by atoms with Crippen LogP contribution in [-0.4, -0.2) is 49.9 Å². The zero-order valence-corrected chi connectivity index (χ0v) is 36.9. The lowest BCUT2D eigenvalue weighted by Crippen LogP contribution is -2.28. The highest BCUT2D eigenvalue weighted by Crippen LogP contribution is 2.43. The first-order valence-corrected chi connectivity index (χ1v) is 23.7. The maximum Gasteiger partial charge on any atom is 0.472 e. The van der Waals surface area contributed by atoms with E-state index in [-0.39, 0.29) is 32.3 Å². The zero-order chi connectivity index (χ0) is 41.6. The minimum atomic E-state index is -4.30. The Kier molecular flexibility index (Phi) is 42.5. The Labute approximate surface area is 349 Å². The van der Waals surface area contributed by atoms with E-state index in [2.05, 4.69) is 111 Å². The number of rotatable bonds is 41. The van der Waals surface area contributed by atoms with E-state index in [1.807, 2.05) is 0 Å². The number of phosphoric ester groups is 1. The third-order valence-corrected chi connectivity index (χ3v) is 9.72. The van der Waals surface area contributed by atoms with Gasteiger partial charge in [-0.3, -0.25) is 13.8 Å². The number of phosphoric acid groups is 1. The number of hydrogen-bond acceptors (Lipinski definition) is 7. The summed E-state index contributed by atoms with van der Waals surface area (Å²) in [5.74, 6) is -0.359. The van der Waals surface area contributed by atoms with E-state index in [9.17, 15) is 14.3 Å². The van der Waals surface area contributed by atoms with E-state index in [1.54, 1.807) is 0 Å². The monoisotopic (exact) mass is 816 g/mol. The van der Waals surface area contributed by atoms with Crippen LogP contribution >= 0.6 is 7.82 Å². The van der Waals surface area contributed by atoms with Gasteiger partial charge in [-0.15, -0.1) is 0 Å². The van der Waals surface area contributed by atoms with Crippen LogP contribution < -0.4 is 5.73 Å². The SMILES string of the molecule is CC/C=C\C/C=C\C/C=C\C/C=C\C/C=C\C/C=C\C/C=C\CCCCOCC(COP(=O)(O)OCCN)OC(=O)CCCCCCC/C=C\CCCCCCC. The van der Waals surface area contributed by atoms with E-state index < -0.39 is 13.9 Å².